The molecule has 1 heterocycles. The van der Waals surface area contributed by atoms with Gasteiger partial charge in [-0.2, -0.15) is 0 Å². The lowest BCUT2D eigenvalue weighted by molar-refractivity contribution is 0.599. The number of para-hydroxylation sites is 1. The lowest BCUT2D eigenvalue weighted by Crippen LogP contribution is -2.13. The summed E-state index contributed by atoms with van der Waals surface area (Å²) in [6, 6.07) is 6.90. The molecular formula is C8H9N3O2S. The van der Waals surface area contributed by atoms with Gasteiger partial charge in [-0.1, -0.05) is 18.2 Å². The number of fused-ring (bicyclic) bond motifs is 1. The zero-order valence-electron chi connectivity index (χ0n) is 7.19. The van der Waals surface area contributed by atoms with Crippen LogP contribution in [-0.2, 0) is 10.0 Å². The molecule has 0 aliphatic carbocycles. The van der Waals surface area contributed by atoms with Gasteiger partial charge in [-0.15, -0.1) is 0 Å². The molecule has 0 spiro atoms. The van der Waals surface area contributed by atoms with Gasteiger partial charge in [-0.25, -0.2) is 13.6 Å². The number of anilines is 1. The Kier molecular flexibility index (Phi) is 1.76. The number of nitrogen functional groups attached to an aromatic ring is 1. The predicted octanol–water partition coefficient (Wildman–Crippen LogP) is 0.398. The number of hydrogen-bond donors (Lipinski definition) is 3. The Morgan fingerprint density at radius 1 is 1.21 bits per heavy atom. The first-order valence-electron chi connectivity index (χ1n) is 3.89. The van der Waals surface area contributed by atoms with Crippen molar-refractivity contribution >= 4 is 26.7 Å². The number of nitrogens with two attached hydrogens (primary N) is 2. The lowest BCUT2D eigenvalue weighted by atomic mass is 10.2. The van der Waals surface area contributed by atoms with Crippen LogP contribution in [-0.4, -0.2) is 13.4 Å². The van der Waals surface area contributed by atoms with Crippen LogP contribution in [0.15, 0.2) is 29.2 Å². The second-order valence-corrected chi connectivity index (χ2v) is 4.46. The normalized spacial score (nSPS) is 12.1. The van der Waals surface area contributed by atoms with Crippen molar-refractivity contribution in [2.75, 3.05) is 5.73 Å². The van der Waals surface area contributed by atoms with Crippen molar-refractivity contribution in [2.45, 2.75) is 4.90 Å². The standard InChI is InChI=1S/C8H9N3O2S/c9-8-7(14(10,12)13)5-3-1-2-4-6(5)11-8/h1-4,11H,9H2,(H2,10,12,13). The maximum atomic E-state index is 11.2. The highest BCUT2D eigenvalue weighted by atomic mass is 32.2. The highest BCUT2D eigenvalue weighted by Crippen LogP contribution is 2.26. The first-order chi connectivity index (χ1) is 6.50. The average molecular weight is 211 g/mol. The molecule has 0 unspecified atom stereocenters. The molecule has 6 heteroatoms. The summed E-state index contributed by atoms with van der Waals surface area (Å²) < 4.78 is 22.4. The first-order valence-corrected chi connectivity index (χ1v) is 5.44. The summed E-state index contributed by atoms with van der Waals surface area (Å²) >= 11 is 0. The fraction of sp³-hybridized carbons (Fsp3) is 0. The van der Waals surface area contributed by atoms with E-state index < -0.39 is 10.0 Å². The molecule has 0 fully saturated rings. The second kappa shape index (κ2) is 2.73. The van der Waals surface area contributed by atoms with Crippen molar-refractivity contribution in [1.82, 2.24) is 4.98 Å². The van der Waals surface area contributed by atoms with Crippen molar-refractivity contribution in [3.05, 3.63) is 24.3 Å². The monoisotopic (exact) mass is 211 g/mol. The van der Waals surface area contributed by atoms with E-state index in [1.54, 1.807) is 24.3 Å². The Hall–Kier alpha value is -1.53. The van der Waals surface area contributed by atoms with Crippen LogP contribution >= 0.6 is 0 Å². The Labute approximate surface area is 80.8 Å². The molecule has 0 radical (unpaired) electrons. The number of rotatable bonds is 1. The predicted molar refractivity (Wildman–Crippen MR) is 54.1 cm³/mol. The molecule has 0 aliphatic heterocycles. The molecule has 0 atom stereocenters. The highest BCUT2D eigenvalue weighted by Gasteiger charge is 2.18. The highest BCUT2D eigenvalue weighted by molar-refractivity contribution is 7.89. The van der Waals surface area contributed by atoms with Crippen molar-refractivity contribution in [1.29, 1.82) is 0 Å². The fourth-order valence-corrected chi connectivity index (χ4v) is 2.29. The molecule has 1 aromatic carbocycles. The van der Waals surface area contributed by atoms with Crippen LogP contribution in [0.4, 0.5) is 5.82 Å². The largest absolute Gasteiger partial charge is 0.384 e. The van der Waals surface area contributed by atoms with Crippen molar-refractivity contribution in [3.63, 3.8) is 0 Å². The number of H-pyrrole nitrogens is 1. The van der Waals surface area contributed by atoms with Crippen LogP contribution in [0.2, 0.25) is 0 Å². The zero-order chi connectivity index (χ0) is 10.3. The van der Waals surface area contributed by atoms with Gasteiger partial charge in [-0.05, 0) is 6.07 Å². The van der Waals surface area contributed by atoms with Crippen LogP contribution in [0.1, 0.15) is 0 Å². The molecule has 0 saturated heterocycles. The molecule has 0 amide bonds. The average Bonchev–Trinajstić information content (AvgIpc) is 2.38. The molecule has 5 nitrogen and oxygen atoms in total. The molecule has 14 heavy (non-hydrogen) atoms. The summed E-state index contributed by atoms with van der Waals surface area (Å²) in [7, 11) is -3.77. The quantitative estimate of drug-likeness (QED) is 0.636. The van der Waals surface area contributed by atoms with Gasteiger partial charge in [-0.3, -0.25) is 0 Å². The Morgan fingerprint density at radius 2 is 1.86 bits per heavy atom. The molecular weight excluding hydrogens is 202 g/mol. The maximum Gasteiger partial charge on any atom is 0.242 e. The number of sulfonamides is 1. The topological polar surface area (TPSA) is 102 Å². The molecule has 1 aromatic heterocycles. The maximum absolute atomic E-state index is 11.2. The lowest BCUT2D eigenvalue weighted by Gasteiger charge is -1.95. The van der Waals surface area contributed by atoms with Gasteiger partial charge < -0.3 is 10.7 Å². The van der Waals surface area contributed by atoms with Crippen LogP contribution in [0.3, 0.4) is 0 Å². The molecule has 5 N–H and O–H groups in total. The number of primary sulfonamides is 1. The van der Waals surface area contributed by atoms with Crippen LogP contribution in [0.5, 0.6) is 0 Å². The van der Waals surface area contributed by atoms with E-state index in [4.69, 9.17) is 10.9 Å². The molecule has 0 aliphatic rings. The van der Waals surface area contributed by atoms with Crippen molar-refractivity contribution in [2.24, 2.45) is 5.14 Å². The minimum absolute atomic E-state index is 0.0342. The van der Waals surface area contributed by atoms with Gasteiger partial charge in [0.25, 0.3) is 0 Å². The number of nitrogens with one attached hydrogen (secondary N) is 1. The Balaban J connectivity index is 2.95. The number of benzene rings is 1. The summed E-state index contributed by atoms with van der Waals surface area (Å²) in [5.74, 6) is 0.0775. The summed E-state index contributed by atoms with van der Waals surface area (Å²) in [6.07, 6.45) is 0. The van der Waals surface area contributed by atoms with E-state index >= 15 is 0 Å². The van der Waals surface area contributed by atoms with Gasteiger partial charge in [0, 0.05) is 10.9 Å². The zero-order valence-corrected chi connectivity index (χ0v) is 8.01. The third-order valence-electron chi connectivity index (χ3n) is 1.97. The second-order valence-electron chi connectivity index (χ2n) is 2.96. The smallest absolute Gasteiger partial charge is 0.242 e. The summed E-state index contributed by atoms with van der Waals surface area (Å²) in [5, 5.41) is 5.56. The van der Waals surface area contributed by atoms with E-state index in [0.717, 1.165) is 0 Å². The number of aromatic nitrogens is 1. The summed E-state index contributed by atoms with van der Waals surface area (Å²) in [5.41, 5.74) is 6.19. The summed E-state index contributed by atoms with van der Waals surface area (Å²) in [4.78, 5) is 2.72. The van der Waals surface area contributed by atoms with Crippen LogP contribution < -0.4 is 10.9 Å². The number of aromatic amines is 1. The van der Waals surface area contributed by atoms with E-state index in [2.05, 4.69) is 4.98 Å². The van der Waals surface area contributed by atoms with E-state index in [9.17, 15) is 8.42 Å². The van der Waals surface area contributed by atoms with Crippen molar-refractivity contribution < 1.29 is 8.42 Å². The third kappa shape index (κ3) is 1.24. The molecule has 74 valence electrons. The molecule has 2 rings (SSSR count). The van der Waals surface area contributed by atoms with E-state index in [1.807, 2.05) is 0 Å². The van der Waals surface area contributed by atoms with E-state index in [-0.39, 0.29) is 10.7 Å². The van der Waals surface area contributed by atoms with E-state index in [1.165, 1.54) is 0 Å². The third-order valence-corrected chi connectivity index (χ3v) is 2.98. The SMILES string of the molecule is Nc1[nH]c2ccccc2c1S(N)(=O)=O. The molecule has 2 aromatic rings. The van der Waals surface area contributed by atoms with Crippen LogP contribution in [0, 0.1) is 0 Å². The van der Waals surface area contributed by atoms with Crippen LogP contribution in [0.25, 0.3) is 10.9 Å². The molecule has 0 saturated carbocycles. The summed E-state index contributed by atoms with van der Waals surface area (Å²) in [6.45, 7) is 0. The van der Waals surface area contributed by atoms with E-state index in [0.29, 0.717) is 10.9 Å². The number of hydrogen-bond acceptors (Lipinski definition) is 3. The van der Waals surface area contributed by atoms with Gasteiger partial charge in [0.15, 0.2) is 0 Å². The first kappa shape index (κ1) is 9.04. The van der Waals surface area contributed by atoms with Crippen molar-refractivity contribution in [3.8, 4) is 0 Å². The Bertz CT molecular complexity index is 586. The van der Waals surface area contributed by atoms with Gasteiger partial charge >= 0.3 is 0 Å². The van der Waals surface area contributed by atoms with Gasteiger partial charge in [0.05, 0.1) is 0 Å². The minimum atomic E-state index is -3.77. The van der Waals surface area contributed by atoms with Gasteiger partial charge in [0.2, 0.25) is 10.0 Å². The van der Waals surface area contributed by atoms with Gasteiger partial charge in [0.1, 0.15) is 10.7 Å². The fourth-order valence-electron chi connectivity index (χ4n) is 1.44. The minimum Gasteiger partial charge on any atom is -0.384 e. The molecule has 0 bridgehead atoms. The Morgan fingerprint density at radius 3 is 2.50 bits per heavy atom.